The van der Waals surface area contributed by atoms with Crippen LogP contribution in [0.3, 0.4) is 0 Å². The molecule has 1 fully saturated rings. The summed E-state index contributed by atoms with van der Waals surface area (Å²) in [6.07, 6.45) is 1.43. The Morgan fingerprint density at radius 1 is 1.17 bits per heavy atom. The number of pyridine rings is 1. The first-order valence-corrected chi connectivity index (χ1v) is 8.08. The number of benzene rings is 1. The predicted molar refractivity (Wildman–Crippen MR) is 91.0 cm³/mol. The van der Waals surface area contributed by atoms with Gasteiger partial charge in [0, 0.05) is 31.9 Å². The molecule has 0 radical (unpaired) electrons. The molecule has 1 aromatic heterocycles. The fraction of sp³-hybridized carbons (Fsp3) is 0.333. The highest BCUT2D eigenvalue weighted by molar-refractivity contribution is 5.93. The van der Waals surface area contributed by atoms with E-state index in [0.717, 1.165) is 13.1 Å². The molecule has 3 rings (SSSR count). The lowest BCUT2D eigenvalue weighted by atomic mass is 10.0. The number of hydrogen-bond acceptors (Lipinski definition) is 4. The van der Waals surface area contributed by atoms with E-state index < -0.39 is 0 Å². The molecule has 24 heavy (non-hydrogen) atoms. The average molecular weight is 327 g/mol. The Hall–Kier alpha value is -2.44. The molecule has 6 nitrogen and oxygen atoms in total. The zero-order valence-corrected chi connectivity index (χ0v) is 13.4. The number of H-pyrrole nitrogens is 1. The third-order valence-corrected chi connectivity index (χ3v) is 4.17. The fourth-order valence-corrected chi connectivity index (χ4v) is 2.87. The monoisotopic (exact) mass is 327 g/mol. The molecule has 1 aromatic carbocycles. The molecule has 1 atom stereocenters. The van der Waals surface area contributed by atoms with Gasteiger partial charge in [0.25, 0.3) is 5.91 Å². The SMILES string of the molecule is O=C(NC[C@@H](c1ccccc1)N1CCOCC1)c1ccc(=O)[nH]c1. The van der Waals surface area contributed by atoms with Gasteiger partial charge in [0.05, 0.1) is 24.8 Å². The summed E-state index contributed by atoms with van der Waals surface area (Å²) in [5, 5.41) is 2.97. The highest BCUT2D eigenvalue weighted by atomic mass is 16.5. The summed E-state index contributed by atoms with van der Waals surface area (Å²) in [6.45, 7) is 3.60. The van der Waals surface area contributed by atoms with Crippen LogP contribution in [0.1, 0.15) is 22.0 Å². The van der Waals surface area contributed by atoms with Crippen molar-refractivity contribution < 1.29 is 9.53 Å². The highest BCUT2D eigenvalue weighted by Gasteiger charge is 2.23. The van der Waals surface area contributed by atoms with Crippen molar-refractivity contribution in [2.75, 3.05) is 32.8 Å². The molecule has 6 heteroatoms. The molecule has 0 spiro atoms. The summed E-state index contributed by atoms with van der Waals surface area (Å²) in [4.78, 5) is 28.2. The summed E-state index contributed by atoms with van der Waals surface area (Å²) < 4.78 is 5.43. The molecule has 2 N–H and O–H groups in total. The number of carbonyl (C=O) groups excluding carboxylic acids is 1. The van der Waals surface area contributed by atoms with E-state index in [1.165, 1.54) is 23.9 Å². The number of morpholine rings is 1. The topological polar surface area (TPSA) is 74.4 Å². The van der Waals surface area contributed by atoms with E-state index in [1.54, 1.807) is 0 Å². The van der Waals surface area contributed by atoms with Gasteiger partial charge in [-0.2, -0.15) is 0 Å². The van der Waals surface area contributed by atoms with Gasteiger partial charge in [0.1, 0.15) is 0 Å². The molecule has 1 aliphatic rings. The van der Waals surface area contributed by atoms with Crippen LogP contribution in [0.5, 0.6) is 0 Å². The summed E-state index contributed by atoms with van der Waals surface area (Å²) in [7, 11) is 0. The second-order valence-corrected chi connectivity index (χ2v) is 5.73. The normalized spacial score (nSPS) is 16.5. The average Bonchev–Trinajstić information content (AvgIpc) is 2.64. The number of hydrogen-bond donors (Lipinski definition) is 2. The molecule has 1 aliphatic heterocycles. The maximum Gasteiger partial charge on any atom is 0.252 e. The number of amides is 1. The van der Waals surface area contributed by atoms with Gasteiger partial charge in [0.15, 0.2) is 0 Å². The molecule has 2 aromatic rings. The molecule has 0 aliphatic carbocycles. The van der Waals surface area contributed by atoms with Crippen LogP contribution >= 0.6 is 0 Å². The lowest BCUT2D eigenvalue weighted by molar-refractivity contribution is 0.0162. The maximum absolute atomic E-state index is 12.3. The van der Waals surface area contributed by atoms with E-state index in [9.17, 15) is 9.59 Å². The van der Waals surface area contributed by atoms with Crippen molar-refractivity contribution in [3.63, 3.8) is 0 Å². The smallest absolute Gasteiger partial charge is 0.252 e. The number of aromatic nitrogens is 1. The van der Waals surface area contributed by atoms with E-state index in [0.29, 0.717) is 25.3 Å². The molecule has 0 saturated carbocycles. The minimum Gasteiger partial charge on any atom is -0.379 e. The molecule has 1 saturated heterocycles. The van der Waals surface area contributed by atoms with Gasteiger partial charge < -0.3 is 15.0 Å². The summed E-state index contributed by atoms with van der Waals surface area (Å²) in [6, 6.07) is 13.1. The fourth-order valence-electron chi connectivity index (χ4n) is 2.87. The van der Waals surface area contributed by atoms with Crippen LogP contribution in [0.2, 0.25) is 0 Å². The number of aromatic amines is 1. The minimum atomic E-state index is -0.220. The van der Waals surface area contributed by atoms with Crippen molar-refractivity contribution in [3.8, 4) is 0 Å². The molecule has 0 unspecified atom stereocenters. The van der Waals surface area contributed by atoms with Crippen LogP contribution in [0.15, 0.2) is 53.5 Å². The summed E-state index contributed by atoms with van der Waals surface area (Å²) in [5.74, 6) is -0.194. The quantitative estimate of drug-likeness (QED) is 0.865. The Morgan fingerprint density at radius 2 is 1.92 bits per heavy atom. The largest absolute Gasteiger partial charge is 0.379 e. The second kappa shape index (κ2) is 7.90. The first-order chi connectivity index (χ1) is 11.7. The van der Waals surface area contributed by atoms with Crippen LogP contribution < -0.4 is 10.9 Å². The standard InChI is InChI=1S/C18H21N3O3/c22-17-7-6-15(12-19-17)18(23)20-13-16(14-4-2-1-3-5-14)21-8-10-24-11-9-21/h1-7,12,16H,8-11,13H2,(H,19,22)(H,20,23)/t16-/m0/s1. The van der Waals surface area contributed by atoms with Gasteiger partial charge in [-0.05, 0) is 11.6 Å². The van der Waals surface area contributed by atoms with Crippen LogP contribution in [0.25, 0.3) is 0 Å². The van der Waals surface area contributed by atoms with Crippen molar-refractivity contribution in [3.05, 3.63) is 70.1 Å². The van der Waals surface area contributed by atoms with Gasteiger partial charge in [-0.3, -0.25) is 14.5 Å². The van der Waals surface area contributed by atoms with Gasteiger partial charge in [-0.25, -0.2) is 0 Å². The minimum absolute atomic E-state index is 0.0989. The molecule has 1 amide bonds. The van der Waals surface area contributed by atoms with Gasteiger partial charge >= 0.3 is 0 Å². The Balaban J connectivity index is 1.70. The number of nitrogens with one attached hydrogen (secondary N) is 2. The number of carbonyl (C=O) groups is 1. The van der Waals surface area contributed by atoms with Gasteiger partial charge in [0.2, 0.25) is 5.56 Å². The first-order valence-electron chi connectivity index (χ1n) is 8.08. The van der Waals surface area contributed by atoms with Gasteiger partial charge in [-0.15, -0.1) is 0 Å². The third kappa shape index (κ3) is 4.10. The molecular formula is C18H21N3O3. The van der Waals surface area contributed by atoms with Crippen LogP contribution in [-0.4, -0.2) is 48.6 Å². The number of rotatable bonds is 5. The van der Waals surface area contributed by atoms with E-state index >= 15 is 0 Å². The molecular weight excluding hydrogens is 306 g/mol. The van der Waals surface area contributed by atoms with Crippen molar-refractivity contribution in [2.45, 2.75) is 6.04 Å². The summed E-state index contributed by atoms with van der Waals surface area (Å²) >= 11 is 0. The Morgan fingerprint density at radius 3 is 2.58 bits per heavy atom. The number of ether oxygens (including phenoxy) is 1. The number of nitrogens with zero attached hydrogens (tertiary/aromatic N) is 1. The maximum atomic E-state index is 12.3. The van der Waals surface area contributed by atoms with Crippen LogP contribution in [0, 0.1) is 0 Å². The Labute approximate surface area is 140 Å². The Kier molecular flexibility index (Phi) is 5.40. The zero-order chi connectivity index (χ0) is 16.8. The van der Waals surface area contributed by atoms with E-state index in [1.807, 2.05) is 18.2 Å². The highest BCUT2D eigenvalue weighted by Crippen LogP contribution is 2.21. The second-order valence-electron chi connectivity index (χ2n) is 5.73. The Bertz CT molecular complexity index is 703. The van der Waals surface area contributed by atoms with E-state index in [4.69, 9.17) is 4.74 Å². The van der Waals surface area contributed by atoms with Gasteiger partial charge in [-0.1, -0.05) is 30.3 Å². The molecule has 126 valence electrons. The predicted octanol–water partition coefficient (Wildman–Crippen LogP) is 1.18. The van der Waals surface area contributed by atoms with Crippen molar-refractivity contribution in [1.82, 2.24) is 15.2 Å². The third-order valence-electron chi connectivity index (χ3n) is 4.17. The summed E-state index contributed by atoms with van der Waals surface area (Å²) in [5.41, 5.74) is 1.39. The molecule has 0 bridgehead atoms. The lowest BCUT2D eigenvalue weighted by Gasteiger charge is -2.34. The van der Waals surface area contributed by atoms with E-state index in [-0.39, 0.29) is 17.5 Å². The molecule has 2 heterocycles. The first kappa shape index (κ1) is 16.4. The van der Waals surface area contributed by atoms with Crippen LogP contribution in [-0.2, 0) is 4.74 Å². The lowest BCUT2D eigenvalue weighted by Crippen LogP contribution is -2.43. The van der Waals surface area contributed by atoms with Crippen LogP contribution in [0.4, 0.5) is 0 Å². The van der Waals surface area contributed by atoms with Crippen molar-refractivity contribution >= 4 is 5.91 Å². The van der Waals surface area contributed by atoms with Crippen molar-refractivity contribution in [1.29, 1.82) is 0 Å². The zero-order valence-electron chi connectivity index (χ0n) is 13.4. The van der Waals surface area contributed by atoms with Crippen molar-refractivity contribution in [2.24, 2.45) is 0 Å². The van der Waals surface area contributed by atoms with E-state index in [2.05, 4.69) is 27.3 Å².